The fraction of sp³-hybridized carbons (Fsp3) is 0.647. The van der Waals surface area contributed by atoms with E-state index < -0.39 is 0 Å². The molecule has 20 heavy (non-hydrogen) atoms. The number of halogens is 2. The summed E-state index contributed by atoms with van der Waals surface area (Å²) in [5, 5.41) is 3.82. The predicted molar refractivity (Wildman–Crippen MR) is 86.0 cm³/mol. The molecule has 0 radical (unpaired) electrons. The molecule has 0 amide bonds. The summed E-state index contributed by atoms with van der Waals surface area (Å²) in [5.74, 6) is -0.194. The Morgan fingerprint density at radius 3 is 2.50 bits per heavy atom. The van der Waals surface area contributed by atoms with Gasteiger partial charge in [0.15, 0.2) is 0 Å². The van der Waals surface area contributed by atoms with E-state index in [-0.39, 0.29) is 5.82 Å². The number of unbranched alkanes of at least 4 members (excludes halogenated alkanes) is 5. The van der Waals surface area contributed by atoms with Crippen molar-refractivity contribution in [2.24, 2.45) is 0 Å². The first kappa shape index (κ1) is 17.5. The van der Waals surface area contributed by atoms with E-state index in [1.165, 1.54) is 44.6 Å². The van der Waals surface area contributed by atoms with Crippen LogP contribution in [0.4, 0.5) is 4.39 Å². The molecule has 3 heteroatoms. The summed E-state index contributed by atoms with van der Waals surface area (Å²) >= 11 is 6.08. The highest BCUT2D eigenvalue weighted by Gasteiger charge is 2.13. The summed E-state index contributed by atoms with van der Waals surface area (Å²) in [6, 6.07) is 5.20. The first-order valence-electron chi connectivity index (χ1n) is 7.79. The molecule has 1 aromatic rings. The maximum Gasteiger partial charge on any atom is 0.127 e. The summed E-state index contributed by atoms with van der Waals surface area (Å²) in [6.45, 7) is 2.23. The van der Waals surface area contributed by atoms with Crippen LogP contribution in [0.1, 0.15) is 57.4 Å². The van der Waals surface area contributed by atoms with Crippen molar-refractivity contribution in [3.05, 3.63) is 34.6 Å². The molecule has 0 saturated heterocycles. The van der Waals surface area contributed by atoms with Crippen LogP contribution in [0.3, 0.4) is 0 Å². The molecule has 1 rings (SSSR count). The van der Waals surface area contributed by atoms with E-state index in [4.69, 9.17) is 11.6 Å². The van der Waals surface area contributed by atoms with Crippen molar-refractivity contribution in [3.63, 3.8) is 0 Å². The summed E-state index contributed by atoms with van der Waals surface area (Å²) in [6.07, 6.45) is 9.46. The Hall–Kier alpha value is -0.600. The van der Waals surface area contributed by atoms with Gasteiger partial charge in [0.2, 0.25) is 0 Å². The summed E-state index contributed by atoms with van der Waals surface area (Å²) in [5.41, 5.74) is 0.638. The van der Waals surface area contributed by atoms with Crippen LogP contribution in [-0.4, -0.2) is 13.1 Å². The van der Waals surface area contributed by atoms with Gasteiger partial charge in [0.1, 0.15) is 5.82 Å². The number of likely N-dealkylation sites (N-methyl/N-ethyl adjacent to an activating group) is 1. The van der Waals surface area contributed by atoms with Gasteiger partial charge in [-0.2, -0.15) is 0 Å². The van der Waals surface area contributed by atoms with Gasteiger partial charge < -0.3 is 5.32 Å². The molecule has 1 atom stereocenters. The van der Waals surface area contributed by atoms with Crippen LogP contribution < -0.4 is 5.32 Å². The fourth-order valence-electron chi connectivity index (χ4n) is 2.49. The lowest BCUT2D eigenvalue weighted by molar-refractivity contribution is 0.471. The highest BCUT2D eigenvalue weighted by atomic mass is 35.5. The van der Waals surface area contributed by atoms with E-state index in [1.54, 1.807) is 12.1 Å². The molecule has 1 unspecified atom stereocenters. The molecule has 0 aromatic heterocycles. The number of benzene rings is 1. The van der Waals surface area contributed by atoms with Gasteiger partial charge in [-0.15, -0.1) is 0 Å². The third kappa shape index (κ3) is 6.23. The minimum absolute atomic E-state index is 0.194. The monoisotopic (exact) mass is 299 g/mol. The van der Waals surface area contributed by atoms with Gasteiger partial charge in [-0.1, -0.05) is 63.1 Å². The molecule has 0 bridgehead atoms. The normalized spacial score (nSPS) is 12.6. The SMILES string of the molecule is CCCCCCCCC(Cc1c(F)cccc1Cl)NC. The van der Waals surface area contributed by atoms with Crippen LogP contribution in [0.15, 0.2) is 18.2 Å². The van der Waals surface area contributed by atoms with Crippen molar-refractivity contribution in [2.45, 2.75) is 64.3 Å². The van der Waals surface area contributed by atoms with Crippen LogP contribution in [0.2, 0.25) is 5.02 Å². The van der Waals surface area contributed by atoms with Crippen LogP contribution in [0.5, 0.6) is 0 Å². The van der Waals surface area contributed by atoms with Crippen molar-refractivity contribution in [2.75, 3.05) is 7.05 Å². The number of hydrogen-bond acceptors (Lipinski definition) is 1. The van der Waals surface area contributed by atoms with Gasteiger partial charge in [0.25, 0.3) is 0 Å². The van der Waals surface area contributed by atoms with E-state index in [2.05, 4.69) is 12.2 Å². The van der Waals surface area contributed by atoms with E-state index in [1.807, 2.05) is 7.05 Å². The molecule has 1 N–H and O–H groups in total. The molecule has 114 valence electrons. The van der Waals surface area contributed by atoms with Crippen molar-refractivity contribution in [1.82, 2.24) is 5.32 Å². The molecule has 0 aliphatic carbocycles. The van der Waals surface area contributed by atoms with Crippen molar-refractivity contribution in [3.8, 4) is 0 Å². The molecule has 1 aromatic carbocycles. The van der Waals surface area contributed by atoms with E-state index >= 15 is 0 Å². The van der Waals surface area contributed by atoms with Gasteiger partial charge in [-0.05, 0) is 32.0 Å². The number of nitrogens with one attached hydrogen (secondary N) is 1. The Balaban J connectivity index is 2.36. The second kappa shape index (κ2) is 10.2. The molecule has 0 aliphatic rings. The van der Waals surface area contributed by atoms with Crippen molar-refractivity contribution < 1.29 is 4.39 Å². The first-order valence-corrected chi connectivity index (χ1v) is 8.17. The minimum atomic E-state index is -0.194. The van der Waals surface area contributed by atoms with Crippen LogP contribution in [0, 0.1) is 5.82 Å². The average molecular weight is 300 g/mol. The second-order valence-corrected chi connectivity index (χ2v) is 5.85. The lowest BCUT2D eigenvalue weighted by Crippen LogP contribution is -2.28. The van der Waals surface area contributed by atoms with Crippen LogP contribution in [0.25, 0.3) is 0 Å². The quantitative estimate of drug-likeness (QED) is 0.573. The Bertz CT molecular complexity index is 361. The third-order valence-corrected chi connectivity index (χ3v) is 4.18. The van der Waals surface area contributed by atoms with Gasteiger partial charge in [0.05, 0.1) is 0 Å². The molecule has 1 nitrogen and oxygen atoms in total. The average Bonchev–Trinajstić information content (AvgIpc) is 2.44. The van der Waals surface area contributed by atoms with E-state index in [0.29, 0.717) is 23.0 Å². The summed E-state index contributed by atoms with van der Waals surface area (Å²) in [4.78, 5) is 0. The van der Waals surface area contributed by atoms with Crippen LogP contribution in [-0.2, 0) is 6.42 Å². The van der Waals surface area contributed by atoms with Gasteiger partial charge in [-0.3, -0.25) is 0 Å². The molecular weight excluding hydrogens is 273 g/mol. The van der Waals surface area contributed by atoms with Crippen molar-refractivity contribution >= 4 is 11.6 Å². The number of rotatable bonds is 10. The minimum Gasteiger partial charge on any atom is -0.317 e. The smallest absolute Gasteiger partial charge is 0.127 e. The third-order valence-electron chi connectivity index (χ3n) is 3.83. The lowest BCUT2D eigenvalue weighted by atomic mass is 9.99. The summed E-state index contributed by atoms with van der Waals surface area (Å²) in [7, 11) is 1.94. The Morgan fingerprint density at radius 1 is 1.15 bits per heavy atom. The Labute approximate surface area is 127 Å². The zero-order valence-corrected chi connectivity index (χ0v) is 13.5. The first-order chi connectivity index (χ1) is 9.69. The molecular formula is C17H27ClFN. The van der Waals surface area contributed by atoms with E-state index in [0.717, 1.165) is 6.42 Å². The maximum absolute atomic E-state index is 13.8. The second-order valence-electron chi connectivity index (χ2n) is 5.45. The molecule has 0 saturated carbocycles. The predicted octanol–water partition coefficient (Wildman–Crippen LogP) is 5.36. The van der Waals surface area contributed by atoms with Crippen LogP contribution >= 0.6 is 11.6 Å². The maximum atomic E-state index is 13.8. The Kier molecular flexibility index (Phi) is 8.88. The largest absolute Gasteiger partial charge is 0.317 e. The van der Waals surface area contributed by atoms with Gasteiger partial charge in [-0.25, -0.2) is 4.39 Å². The summed E-state index contributed by atoms with van der Waals surface area (Å²) < 4.78 is 13.8. The standard InChI is InChI=1S/C17H27ClFN/c1-3-4-5-6-7-8-10-14(20-2)13-15-16(18)11-9-12-17(15)19/h9,11-12,14,20H,3-8,10,13H2,1-2H3. The number of hydrogen-bond donors (Lipinski definition) is 1. The topological polar surface area (TPSA) is 12.0 Å². The lowest BCUT2D eigenvalue weighted by Gasteiger charge is -2.17. The van der Waals surface area contributed by atoms with E-state index in [9.17, 15) is 4.39 Å². The highest BCUT2D eigenvalue weighted by molar-refractivity contribution is 6.31. The zero-order chi connectivity index (χ0) is 14.8. The van der Waals surface area contributed by atoms with Crippen molar-refractivity contribution in [1.29, 1.82) is 0 Å². The molecule has 0 spiro atoms. The zero-order valence-electron chi connectivity index (χ0n) is 12.7. The Morgan fingerprint density at radius 2 is 1.85 bits per heavy atom. The van der Waals surface area contributed by atoms with Gasteiger partial charge >= 0.3 is 0 Å². The molecule has 0 fully saturated rings. The van der Waals surface area contributed by atoms with Gasteiger partial charge in [0, 0.05) is 16.6 Å². The molecule has 0 heterocycles. The highest BCUT2D eigenvalue weighted by Crippen LogP contribution is 2.22. The fourth-order valence-corrected chi connectivity index (χ4v) is 2.73. The molecule has 0 aliphatic heterocycles.